The van der Waals surface area contributed by atoms with Crippen molar-refractivity contribution in [1.29, 1.82) is 0 Å². The van der Waals surface area contributed by atoms with Gasteiger partial charge in [0.25, 0.3) is 0 Å². The van der Waals surface area contributed by atoms with Crippen molar-refractivity contribution >= 4 is 17.3 Å². The van der Waals surface area contributed by atoms with Crippen LogP contribution in [0.1, 0.15) is 30.1 Å². The number of likely N-dealkylation sites (N-methyl/N-ethyl adjacent to an activating group) is 1. The van der Waals surface area contributed by atoms with Crippen LogP contribution in [0.2, 0.25) is 0 Å². The van der Waals surface area contributed by atoms with Crippen LogP contribution >= 0.6 is 0 Å². The van der Waals surface area contributed by atoms with Crippen LogP contribution in [0.25, 0.3) is 0 Å². The number of ether oxygens (including phenoxy) is 1. The standard InChI is InChI=1S/C15H22FN3O2/c1-3-19-6-4-5-10(9-19)18-14-7-11(15(20)21-2)13(17)8-12(14)16/h7-8,10,18H,3-6,9,17H2,1-2H3. The third-order valence-electron chi connectivity index (χ3n) is 3.86. The Hall–Kier alpha value is -1.82. The second-order valence-electron chi connectivity index (χ2n) is 5.29. The maximum Gasteiger partial charge on any atom is 0.340 e. The Balaban J connectivity index is 2.17. The van der Waals surface area contributed by atoms with Gasteiger partial charge < -0.3 is 20.7 Å². The number of hydrogen-bond acceptors (Lipinski definition) is 5. The molecule has 1 aromatic carbocycles. The SMILES string of the molecule is CCN1CCCC(Nc2cc(C(=O)OC)c(N)cc2F)C1. The first-order valence-corrected chi connectivity index (χ1v) is 7.21. The van der Waals surface area contributed by atoms with Crippen LogP contribution in [-0.4, -0.2) is 43.7 Å². The fourth-order valence-electron chi connectivity index (χ4n) is 2.67. The Morgan fingerprint density at radius 3 is 3.00 bits per heavy atom. The van der Waals surface area contributed by atoms with E-state index in [1.54, 1.807) is 0 Å². The number of nitrogens with zero attached hydrogens (tertiary/aromatic N) is 1. The largest absolute Gasteiger partial charge is 0.465 e. The van der Waals surface area contributed by atoms with Gasteiger partial charge in [-0.05, 0) is 38.1 Å². The molecule has 1 atom stereocenters. The van der Waals surface area contributed by atoms with Gasteiger partial charge in [0, 0.05) is 18.3 Å². The van der Waals surface area contributed by atoms with Gasteiger partial charge in [-0.2, -0.15) is 0 Å². The average molecular weight is 295 g/mol. The summed E-state index contributed by atoms with van der Waals surface area (Å²) in [7, 11) is 1.28. The summed E-state index contributed by atoms with van der Waals surface area (Å²) < 4.78 is 18.7. The molecule has 1 fully saturated rings. The number of carbonyl (C=O) groups excluding carboxylic acids is 1. The van der Waals surface area contributed by atoms with Gasteiger partial charge in [0.15, 0.2) is 0 Å². The zero-order valence-corrected chi connectivity index (χ0v) is 12.5. The molecule has 0 saturated carbocycles. The molecule has 0 radical (unpaired) electrons. The number of hydrogen-bond donors (Lipinski definition) is 2. The number of carbonyl (C=O) groups is 1. The molecule has 6 heteroatoms. The van der Waals surface area contributed by atoms with Crippen molar-refractivity contribution in [3.8, 4) is 0 Å². The summed E-state index contributed by atoms with van der Waals surface area (Å²) in [6.07, 6.45) is 2.06. The quantitative estimate of drug-likeness (QED) is 0.657. The predicted octanol–water partition coefficient (Wildman–Crippen LogP) is 2.09. The van der Waals surface area contributed by atoms with E-state index in [0.717, 1.165) is 38.5 Å². The summed E-state index contributed by atoms with van der Waals surface area (Å²) in [4.78, 5) is 13.9. The van der Waals surface area contributed by atoms with E-state index >= 15 is 0 Å². The first kappa shape index (κ1) is 15.6. The van der Waals surface area contributed by atoms with Crippen LogP contribution in [0, 0.1) is 5.82 Å². The lowest BCUT2D eigenvalue weighted by Crippen LogP contribution is -2.42. The Labute approximate surface area is 124 Å². The summed E-state index contributed by atoms with van der Waals surface area (Å²) >= 11 is 0. The summed E-state index contributed by atoms with van der Waals surface area (Å²) in [5.41, 5.74) is 6.24. The van der Waals surface area contributed by atoms with Crippen LogP contribution in [0.4, 0.5) is 15.8 Å². The number of nitrogen functional groups attached to an aromatic ring is 1. The molecule has 1 saturated heterocycles. The van der Waals surface area contributed by atoms with E-state index in [1.165, 1.54) is 13.2 Å². The number of esters is 1. The molecule has 3 N–H and O–H groups in total. The molecule has 1 unspecified atom stereocenters. The van der Waals surface area contributed by atoms with Crippen LogP contribution in [0.15, 0.2) is 12.1 Å². The number of likely N-dealkylation sites (tertiary alicyclic amines) is 1. The number of rotatable bonds is 4. The fourth-order valence-corrected chi connectivity index (χ4v) is 2.67. The smallest absolute Gasteiger partial charge is 0.340 e. The molecule has 0 spiro atoms. The maximum atomic E-state index is 14.0. The normalized spacial score (nSPS) is 19.3. The number of anilines is 2. The zero-order chi connectivity index (χ0) is 15.4. The second-order valence-corrected chi connectivity index (χ2v) is 5.29. The lowest BCUT2D eigenvalue weighted by Gasteiger charge is -2.33. The first-order valence-electron chi connectivity index (χ1n) is 7.21. The van der Waals surface area contributed by atoms with Crippen LogP contribution < -0.4 is 11.1 Å². The minimum absolute atomic E-state index is 0.0868. The lowest BCUT2D eigenvalue weighted by atomic mass is 10.0. The third kappa shape index (κ3) is 3.64. The van der Waals surface area contributed by atoms with Crippen molar-refractivity contribution in [3.05, 3.63) is 23.5 Å². The van der Waals surface area contributed by atoms with Gasteiger partial charge in [-0.3, -0.25) is 0 Å². The van der Waals surface area contributed by atoms with Gasteiger partial charge in [0.1, 0.15) is 5.82 Å². The number of methoxy groups -OCH3 is 1. The van der Waals surface area contributed by atoms with Gasteiger partial charge in [-0.15, -0.1) is 0 Å². The molecule has 21 heavy (non-hydrogen) atoms. The fraction of sp³-hybridized carbons (Fsp3) is 0.533. The molecule has 0 amide bonds. The minimum atomic E-state index is -0.561. The Kier molecular flexibility index (Phi) is 5.01. The molecule has 2 rings (SSSR count). The summed E-state index contributed by atoms with van der Waals surface area (Å²) in [6.45, 7) is 5.04. The molecule has 1 heterocycles. The van der Waals surface area contributed by atoms with E-state index in [1.807, 2.05) is 0 Å². The zero-order valence-electron chi connectivity index (χ0n) is 12.5. The van der Waals surface area contributed by atoms with E-state index in [9.17, 15) is 9.18 Å². The van der Waals surface area contributed by atoms with Crippen molar-refractivity contribution in [2.45, 2.75) is 25.8 Å². The maximum absolute atomic E-state index is 14.0. The number of piperidine rings is 1. The molecule has 0 aliphatic carbocycles. The second kappa shape index (κ2) is 6.76. The van der Waals surface area contributed by atoms with E-state index < -0.39 is 11.8 Å². The third-order valence-corrected chi connectivity index (χ3v) is 3.86. The highest BCUT2D eigenvalue weighted by Crippen LogP contribution is 2.25. The molecular formula is C15H22FN3O2. The van der Waals surface area contributed by atoms with Gasteiger partial charge >= 0.3 is 5.97 Å². The van der Waals surface area contributed by atoms with Gasteiger partial charge in [-0.1, -0.05) is 6.92 Å². The van der Waals surface area contributed by atoms with Crippen molar-refractivity contribution in [2.24, 2.45) is 0 Å². The van der Waals surface area contributed by atoms with Gasteiger partial charge in [-0.25, -0.2) is 9.18 Å². The highest BCUT2D eigenvalue weighted by Gasteiger charge is 2.21. The minimum Gasteiger partial charge on any atom is -0.465 e. The molecular weight excluding hydrogens is 273 g/mol. The molecule has 1 aliphatic rings. The van der Waals surface area contributed by atoms with Crippen LogP contribution in [-0.2, 0) is 4.74 Å². The molecule has 1 aliphatic heterocycles. The topological polar surface area (TPSA) is 67.6 Å². The molecule has 116 valence electrons. The van der Waals surface area contributed by atoms with Crippen molar-refractivity contribution in [3.63, 3.8) is 0 Å². The van der Waals surface area contributed by atoms with Crippen molar-refractivity contribution in [2.75, 3.05) is 37.8 Å². The van der Waals surface area contributed by atoms with Gasteiger partial charge in [0.2, 0.25) is 0 Å². The lowest BCUT2D eigenvalue weighted by molar-refractivity contribution is 0.0602. The molecule has 1 aromatic rings. The Bertz CT molecular complexity index is 522. The summed E-state index contributed by atoms with van der Waals surface area (Å²) in [6, 6.07) is 2.76. The van der Waals surface area contributed by atoms with E-state index in [2.05, 4.69) is 21.9 Å². The summed E-state index contributed by atoms with van der Waals surface area (Å²) in [5.74, 6) is -1.01. The monoisotopic (exact) mass is 295 g/mol. The van der Waals surface area contributed by atoms with Crippen molar-refractivity contribution < 1.29 is 13.9 Å². The van der Waals surface area contributed by atoms with E-state index in [0.29, 0.717) is 5.69 Å². The van der Waals surface area contributed by atoms with E-state index in [4.69, 9.17) is 5.73 Å². The van der Waals surface area contributed by atoms with Crippen LogP contribution in [0.3, 0.4) is 0 Å². The summed E-state index contributed by atoms with van der Waals surface area (Å²) in [5, 5.41) is 3.18. The molecule has 5 nitrogen and oxygen atoms in total. The van der Waals surface area contributed by atoms with Gasteiger partial charge in [0.05, 0.1) is 18.4 Å². The predicted molar refractivity (Wildman–Crippen MR) is 80.9 cm³/mol. The Morgan fingerprint density at radius 1 is 1.57 bits per heavy atom. The van der Waals surface area contributed by atoms with Crippen LogP contribution in [0.5, 0.6) is 0 Å². The highest BCUT2D eigenvalue weighted by molar-refractivity contribution is 5.96. The average Bonchev–Trinajstić information content (AvgIpc) is 2.49. The Morgan fingerprint density at radius 2 is 2.33 bits per heavy atom. The highest BCUT2D eigenvalue weighted by atomic mass is 19.1. The van der Waals surface area contributed by atoms with Crippen molar-refractivity contribution in [1.82, 2.24) is 4.90 Å². The molecule has 0 aromatic heterocycles. The van der Waals surface area contributed by atoms with E-state index in [-0.39, 0.29) is 17.3 Å². The number of nitrogens with one attached hydrogen (secondary N) is 1. The molecule has 0 bridgehead atoms. The first-order chi connectivity index (χ1) is 10.0. The number of nitrogens with two attached hydrogens (primary N) is 1. The number of halogens is 1. The number of benzene rings is 1.